The Kier molecular flexibility index (Phi) is 7.19. The number of hydrogen-bond donors (Lipinski definition) is 0. The molecule has 1 aromatic rings. The molecule has 1 amide bonds. The quantitative estimate of drug-likeness (QED) is 0.588. The van der Waals surface area contributed by atoms with Crippen LogP contribution in [0.1, 0.15) is 36.2 Å². The van der Waals surface area contributed by atoms with Crippen molar-refractivity contribution in [2.24, 2.45) is 5.92 Å². The number of carbonyl (C=O) groups is 2. The van der Waals surface area contributed by atoms with Crippen molar-refractivity contribution in [2.75, 3.05) is 33.3 Å². The lowest BCUT2D eigenvalue weighted by Crippen LogP contribution is -2.32. The van der Waals surface area contributed by atoms with Crippen molar-refractivity contribution in [3.8, 4) is 0 Å². The summed E-state index contributed by atoms with van der Waals surface area (Å²) in [6.45, 7) is 8.22. The number of amides is 1. The van der Waals surface area contributed by atoms with E-state index in [-0.39, 0.29) is 11.9 Å². The molecule has 0 bridgehead atoms. The van der Waals surface area contributed by atoms with Crippen LogP contribution in [0.4, 0.5) is 0 Å². The Morgan fingerprint density at radius 1 is 1.20 bits per heavy atom. The van der Waals surface area contributed by atoms with Gasteiger partial charge in [-0.2, -0.15) is 0 Å². The number of benzene rings is 1. The molecule has 136 valence electrons. The maximum atomic E-state index is 12.4. The van der Waals surface area contributed by atoms with Crippen molar-refractivity contribution in [1.82, 2.24) is 9.80 Å². The summed E-state index contributed by atoms with van der Waals surface area (Å²) >= 11 is 0. The molecule has 1 aliphatic heterocycles. The minimum absolute atomic E-state index is 0.187. The molecule has 0 aliphatic carbocycles. The van der Waals surface area contributed by atoms with Crippen LogP contribution in [0.25, 0.3) is 0 Å². The number of ether oxygens (including phenoxy) is 1. The first kappa shape index (κ1) is 19.2. The Hall–Kier alpha value is -2.14. The maximum Gasteiger partial charge on any atom is 0.337 e. The lowest BCUT2D eigenvalue weighted by molar-refractivity contribution is -0.130. The Morgan fingerprint density at radius 3 is 2.56 bits per heavy atom. The number of allylic oxidation sites excluding steroid dienone is 1. The minimum atomic E-state index is -0.345. The predicted octanol–water partition coefficient (Wildman–Crippen LogP) is 2.72. The molecule has 1 aromatic carbocycles. The first-order valence-electron chi connectivity index (χ1n) is 8.83. The Labute approximate surface area is 150 Å². The average Bonchev–Trinajstić information content (AvgIpc) is 2.77. The van der Waals surface area contributed by atoms with E-state index in [4.69, 9.17) is 4.74 Å². The highest BCUT2D eigenvalue weighted by Crippen LogP contribution is 2.12. The molecule has 0 radical (unpaired) electrons. The van der Waals surface area contributed by atoms with Gasteiger partial charge in [-0.15, -0.1) is 0 Å². The maximum absolute atomic E-state index is 12.4. The molecule has 0 aromatic heterocycles. The largest absolute Gasteiger partial charge is 0.465 e. The third-order valence-electron chi connectivity index (χ3n) is 4.31. The second kappa shape index (κ2) is 9.37. The third-order valence-corrected chi connectivity index (χ3v) is 4.31. The number of rotatable bonds is 6. The summed E-state index contributed by atoms with van der Waals surface area (Å²) in [4.78, 5) is 28.1. The topological polar surface area (TPSA) is 49.9 Å². The molecule has 0 N–H and O–H groups in total. The van der Waals surface area contributed by atoms with Crippen molar-refractivity contribution >= 4 is 11.9 Å². The molecule has 1 fully saturated rings. The van der Waals surface area contributed by atoms with Gasteiger partial charge in [0.25, 0.3) is 0 Å². The number of hydrogen-bond acceptors (Lipinski definition) is 4. The van der Waals surface area contributed by atoms with Crippen molar-refractivity contribution in [3.05, 3.63) is 47.5 Å². The first-order valence-corrected chi connectivity index (χ1v) is 8.83. The van der Waals surface area contributed by atoms with E-state index in [1.165, 1.54) is 7.11 Å². The molecule has 25 heavy (non-hydrogen) atoms. The third kappa shape index (κ3) is 6.02. The molecule has 0 unspecified atom stereocenters. The molecule has 1 saturated heterocycles. The van der Waals surface area contributed by atoms with Crippen LogP contribution >= 0.6 is 0 Å². The molecular weight excluding hydrogens is 316 g/mol. The van der Waals surface area contributed by atoms with Crippen LogP contribution in [0.3, 0.4) is 0 Å². The number of nitrogens with zero attached hydrogens (tertiary/aromatic N) is 2. The second-order valence-electron chi connectivity index (χ2n) is 6.73. The van der Waals surface area contributed by atoms with E-state index in [1.807, 2.05) is 17.0 Å². The molecule has 0 atom stereocenters. The average molecular weight is 344 g/mol. The van der Waals surface area contributed by atoms with Crippen molar-refractivity contribution in [3.63, 3.8) is 0 Å². The zero-order chi connectivity index (χ0) is 18.2. The van der Waals surface area contributed by atoms with Crippen molar-refractivity contribution in [2.45, 2.75) is 26.8 Å². The molecule has 1 heterocycles. The van der Waals surface area contributed by atoms with Crippen LogP contribution in [-0.2, 0) is 16.1 Å². The van der Waals surface area contributed by atoms with E-state index in [0.29, 0.717) is 24.4 Å². The summed E-state index contributed by atoms with van der Waals surface area (Å²) in [5.41, 5.74) is 1.55. The van der Waals surface area contributed by atoms with Gasteiger partial charge in [0, 0.05) is 39.1 Å². The number of methoxy groups -OCH3 is 1. The SMILES string of the molecule is COC(=O)c1ccc(CN2CCN(C/C=C/C(C)C)CCC2=O)cc1. The highest BCUT2D eigenvalue weighted by atomic mass is 16.5. The number of esters is 1. The normalized spacial score (nSPS) is 16.5. The standard InChI is InChI=1S/C20H28N2O3/c1-16(2)5-4-11-21-12-10-19(23)22(14-13-21)15-17-6-8-18(9-7-17)20(24)25-3/h4-9,16H,10-15H2,1-3H3/b5-4+. The first-order chi connectivity index (χ1) is 12.0. The Morgan fingerprint density at radius 2 is 1.92 bits per heavy atom. The molecule has 1 aliphatic rings. The molecule has 5 nitrogen and oxygen atoms in total. The van der Waals surface area contributed by atoms with Crippen LogP contribution in [0.15, 0.2) is 36.4 Å². The Bertz CT molecular complexity index is 608. The summed E-state index contributed by atoms with van der Waals surface area (Å²) in [5.74, 6) is 0.396. The van der Waals surface area contributed by atoms with E-state index in [0.717, 1.165) is 31.7 Å². The fraction of sp³-hybridized carbons (Fsp3) is 0.500. The van der Waals surface area contributed by atoms with Crippen LogP contribution in [0.5, 0.6) is 0 Å². The lowest BCUT2D eigenvalue weighted by atomic mass is 10.1. The number of carbonyl (C=O) groups excluding carboxylic acids is 2. The molecule has 2 rings (SSSR count). The van der Waals surface area contributed by atoms with Gasteiger partial charge in [-0.05, 0) is 23.6 Å². The molecule has 0 spiro atoms. The van der Waals surface area contributed by atoms with Crippen LogP contribution in [0.2, 0.25) is 0 Å². The van der Waals surface area contributed by atoms with Gasteiger partial charge in [0.15, 0.2) is 0 Å². The summed E-state index contributed by atoms with van der Waals surface area (Å²) in [5, 5.41) is 0. The van der Waals surface area contributed by atoms with Crippen LogP contribution in [0, 0.1) is 5.92 Å². The molecule has 0 saturated carbocycles. The van der Waals surface area contributed by atoms with Crippen LogP contribution in [-0.4, -0.2) is 55.0 Å². The van der Waals surface area contributed by atoms with Gasteiger partial charge in [-0.25, -0.2) is 4.79 Å². The van der Waals surface area contributed by atoms with Crippen LogP contribution < -0.4 is 0 Å². The highest BCUT2D eigenvalue weighted by molar-refractivity contribution is 5.89. The fourth-order valence-corrected chi connectivity index (χ4v) is 2.83. The summed E-state index contributed by atoms with van der Waals surface area (Å²) in [6, 6.07) is 7.25. The molecule has 5 heteroatoms. The van der Waals surface area contributed by atoms with Gasteiger partial charge in [0.2, 0.25) is 5.91 Å². The van der Waals surface area contributed by atoms with Crippen molar-refractivity contribution < 1.29 is 14.3 Å². The smallest absolute Gasteiger partial charge is 0.337 e. The van der Waals surface area contributed by atoms with Gasteiger partial charge in [-0.3, -0.25) is 9.69 Å². The minimum Gasteiger partial charge on any atom is -0.465 e. The lowest BCUT2D eigenvalue weighted by Gasteiger charge is -2.21. The second-order valence-corrected chi connectivity index (χ2v) is 6.73. The summed E-state index contributed by atoms with van der Waals surface area (Å²) < 4.78 is 4.70. The van der Waals surface area contributed by atoms with E-state index >= 15 is 0 Å². The fourth-order valence-electron chi connectivity index (χ4n) is 2.83. The van der Waals surface area contributed by atoms with Crippen molar-refractivity contribution in [1.29, 1.82) is 0 Å². The van der Waals surface area contributed by atoms with Gasteiger partial charge in [-0.1, -0.05) is 38.1 Å². The van der Waals surface area contributed by atoms with E-state index in [9.17, 15) is 9.59 Å². The van der Waals surface area contributed by atoms with E-state index in [2.05, 4.69) is 30.9 Å². The zero-order valence-corrected chi connectivity index (χ0v) is 15.4. The summed E-state index contributed by atoms with van der Waals surface area (Å²) in [7, 11) is 1.37. The summed E-state index contributed by atoms with van der Waals surface area (Å²) in [6.07, 6.45) is 4.94. The molecular formula is C20H28N2O3. The van der Waals surface area contributed by atoms with Gasteiger partial charge >= 0.3 is 5.97 Å². The predicted molar refractivity (Wildman–Crippen MR) is 98.2 cm³/mol. The van der Waals surface area contributed by atoms with E-state index in [1.54, 1.807) is 12.1 Å². The van der Waals surface area contributed by atoms with Gasteiger partial charge in [0.1, 0.15) is 0 Å². The zero-order valence-electron chi connectivity index (χ0n) is 15.4. The van der Waals surface area contributed by atoms with E-state index < -0.39 is 0 Å². The van der Waals surface area contributed by atoms with Gasteiger partial charge < -0.3 is 9.64 Å². The monoisotopic (exact) mass is 344 g/mol. The highest BCUT2D eigenvalue weighted by Gasteiger charge is 2.20. The van der Waals surface area contributed by atoms with Gasteiger partial charge in [0.05, 0.1) is 12.7 Å². The Balaban J connectivity index is 1.91.